The molecule has 1 amide bonds. The lowest BCUT2D eigenvalue weighted by Gasteiger charge is -2.04. The zero-order chi connectivity index (χ0) is 16.7. The minimum Gasteiger partial charge on any atom is -0.469 e. The van der Waals surface area contributed by atoms with E-state index in [1.807, 2.05) is 18.2 Å². The SMILES string of the molecule is COC(=O)[C@@H]1C[C@@H]1C(=O)Nc1ccc2nc([C@H]3CCCO3)[nH]c2c1. The Balaban J connectivity index is 1.47. The van der Waals surface area contributed by atoms with Crippen LogP contribution in [0, 0.1) is 11.8 Å². The van der Waals surface area contributed by atoms with Gasteiger partial charge >= 0.3 is 5.97 Å². The Morgan fingerprint density at radius 2 is 2.25 bits per heavy atom. The van der Waals surface area contributed by atoms with E-state index in [2.05, 4.69) is 20.0 Å². The molecule has 0 bridgehead atoms. The van der Waals surface area contributed by atoms with Gasteiger partial charge in [0.1, 0.15) is 11.9 Å². The number of rotatable bonds is 4. The van der Waals surface area contributed by atoms with Gasteiger partial charge in [-0.2, -0.15) is 0 Å². The molecule has 2 aliphatic rings. The smallest absolute Gasteiger partial charge is 0.309 e. The van der Waals surface area contributed by atoms with Crippen LogP contribution in [0.5, 0.6) is 0 Å². The molecule has 7 heteroatoms. The third kappa shape index (κ3) is 2.75. The number of H-pyrrole nitrogens is 1. The highest BCUT2D eigenvalue weighted by atomic mass is 16.5. The summed E-state index contributed by atoms with van der Waals surface area (Å²) in [7, 11) is 1.34. The van der Waals surface area contributed by atoms with E-state index in [0.29, 0.717) is 12.1 Å². The monoisotopic (exact) mass is 329 g/mol. The second-order valence-electron chi connectivity index (χ2n) is 6.32. The predicted octanol–water partition coefficient (Wildman–Crippen LogP) is 2.16. The van der Waals surface area contributed by atoms with Crippen LogP contribution in [0.3, 0.4) is 0 Å². The fraction of sp³-hybridized carbons (Fsp3) is 0.471. The molecule has 1 aromatic heterocycles. The Morgan fingerprint density at radius 1 is 1.38 bits per heavy atom. The van der Waals surface area contributed by atoms with Gasteiger partial charge in [0.25, 0.3) is 0 Å². The molecule has 0 unspecified atom stereocenters. The summed E-state index contributed by atoms with van der Waals surface area (Å²) in [6.07, 6.45) is 2.60. The summed E-state index contributed by atoms with van der Waals surface area (Å²) in [6.45, 7) is 0.770. The second-order valence-corrected chi connectivity index (χ2v) is 6.32. The number of benzene rings is 1. The fourth-order valence-corrected chi connectivity index (χ4v) is 3.18. The zero-order valence-corrected chi connectivity index (χ0v) is 13.4. The van der Waals surface area contributed by atoms with E-state index in [0.717, 1.165) is 36.3 Å². The Bertz CT molecular complexity index is 794. The van der Waals surface area contributed by atoms with Crippen molar-refractivity contribution in [2.24, 2.45) is 11.8 Å². The summed E-state index contributed by atoms with van der Waals surface area (Å²) >= 11 is 0. The lowest BCUT2D eigenvalue weighted by atomic mass is 10.2. The van der Waals surface area contributed by atoms with Crippen LogP contribution in [0.15, 0.2) is 18.2 Å². The van der Waals surface area contributed by atoms with E-state index in [4.69, 9.17) is 4.74 Å². The highest BCUT2D eigenvalue weighted by molar-refractivity contribution is 5.99. The Kier molecular flexibility index (Phi) is 3.72. The normalized spacial score (nSPS) is 25.6. The minimum absolute atomic E-state index is 0.0303. The van der Waals surface area contributed by atoms with Crippen molar-refractivity contribution < 1.29 is 19.1 Å². The highest BCUT2D eigenvalue weighted by Gasteiger charge is 2.48. The third-order valence-electron chi connectivity index (χ3n) is 4.63. The number of aromatic amines is 1. The molecular weight excluding hydrogens is 310 g/mol. The first-order chi connectivity index (χ1) is 11.7. The number of methoxy groups -OCH3 is 1. The van der Waals surface area contributed by atoms with E-state index < -0.39 is 0 Å². The van der Waals surface area contributed by atoms with Gasteiger partial charge in [-0.3, -0.25) is 9.59 Å². The molecule has 1 saturated carbocycles. The number of hydrogen-bond donors (Lipinski definition) is 2. The van der Waals surface area contributed by atoms with Crippen molar-refractivity contribution in [3.63, 3.8) is 0 Å². The number of fused-ring (bicyclic) bond motifs is 1. The molecule has 2 aromatic rings. The first kappa shape index (κ1) is 15.1. The fourth-order valence-electron chi connectivity index (χ4n) is 3.18. The molecule has 1 saturated heterocycles. The Morgan fingerprint density at radius 3 is 3.00 bits per heavy atom. The van der Waals surface area contributed by atoms with E-state index >= 15 is 0 Å². The van der Waals surface area contributed by atoms with Crippen molar-refractivity contribution >= 4 is 28.6 Å². The largest absolute Gasteiger partial charge is 0.469 e. The minimum atomic E-state index is -0.319. The van der Waals surface area contributed by atoms with Gasteiger partial charge < -0.3 is 19.8 Å². The molecule has 0 radical (unpaired) electrons. The summed E-state index contributed by atoms with van der Waals surface area (Å²) in [6, 6.07) is 5.54. The maximum absolute atomic E-state index is 12.2. The quantitative estimate of drug-likeness (QED) is 0.839. The molecule has 126 valence electrons. The second kappa shape index (κ2) is 5.90. The maximum Gasteiger partial charge on any atom is 0.309 e. The van der Waals surface area contributed by atoms with Gasteiger partial charge in [-0.25, -0.2) is 4.98 Å². The molecule has 2 N–H and O–H groups in total. The van der Waals surface area contributed by atoms with Gasteiger partial charge in [-0.05, 0) is 37.5 Å². The molecule has 4 rings (SSSR count). The maximum atomic E-state index is 12.2. The number of aromatic nitrogens is 2. The first-order valence-corrected chi connectivity index (χ1v) is 8.15. The Labute approximate surface area is 138 Å². The van der Waals surface area contributed by atoms with Crippen molar-refractivity contribution in [2.75, 3.05) is 19.0 Å². The van der Waals surface area contributed by atoms with E-state index in [1.165, 1.54) is 7.11 Å². The summed E-state index contributed by atoms with van der Waals surface area (Å²) < 4.78 is 10.3. The van der Waals surface area contributed by atoms with Crippen LogP contribution in [-0.4, -0.2) is 35.6 Å². The Hall–Kier alpha value is -2.41. The van der Waals surface area contributed by atoms with E-state index in [1.54, 1.807) is 0 Å². The highest BCUT2D eigenvalue weighted by Crippen LogP contribution is 2.40. The zero-order valence-electron chi connectivity index (χ0n) is 13.4. The third-order valence-corrected chi connectivity index (χ3v) is 4.63. The van der Waals surface area contributed by atoms with Gasteiger partial charge in [0.2, 0.25) is 5.91 Å². The first-order valence-electron chi connectivity index (χ1n) is 8.15. The van der Waals surface area contributed by atoms with Crippen LogP contribution >= 0.6 is 0 Å². The molecular formula is C17H19N3O4. The van der Waals surface area contributed by atoms with Crippen LogP contribution < -0.4 is 5.32 Å². The molecule has 24 heavy (non-hydrogen) atoms. The van der Waals surface area contributed by atoms with Crippen molar-refractivity contribution in [1.29, 1.82) is 0 Å². The molecule has 2 heterocycles. The number of carbonyl (C=O) groups is 2. The number of esters is 1. The van der Waals surface area contributed by atoms with Crippen molar-refractivity contribution in [3.8, 4) is 0 Å². The molecule has 2 fully saturated rings. The number of hydrogen-bond acceptors (Lipinski definition) is 5. The molecule has 1 aliphatic carbocycles. The molecule has 0 spiro atoms. The van der Waals surface area contributed by atoms with Crippen molar-refractivity contribution in [1.82, 2.24) is 9.97 Å². The summed E-state index contributed by atoms with van der Waals surface area (Å²) in [5, 5.41) is 2.86. The van der Waals surface area contributed by atoms with Gasteiger partial charge in [-0.1, -0.05) is 0 Å². The average molecular weight is 329 g/mol. The van der Waals surface area contributed by atoms with Crippen LogP contribution in [-0.2, 0) is 19.1 Å². The van der Waals surface area contributed by atoms with E-state index in [9.17, 15) is 9.59 Å². The number of carbonyl (C=O) groups excluding carboxylic acids is 2. The summed E-state index contributed by atoms with van der Waals surface area (Å²) in [4.78, 5) is 31.4. The van der Waals surface area contributed by atoms with Gasteiger partial charge in [-0.15, -0.1) is 0 Å². The number of amides is 1. The average Bonchev–Trinajstić information content (AvgIpc) is 3.01. The van der Waals surface area contributed by atoms with E-state index in [-0.39, 0.29) is 29.8 Å². The molecule has 7 nitrogen and oxygen atoms in total. The number of ether oxygens (including phenoxy) is 2. The molecule has 1 aliphatic heterocycles. The number of nitrogens with zero attached hydrogens (tertiary/aromatic N) is 1. The van der Waals surface area contributed by atoms with Gasteiger partial charge in [0.15, 0.2) is 0 Å². The number of imidazole rings is 1. The molecule has 1 aromatic carbocycles. The van der Waals surface area contributed by atoms with Crippen LogP contribution in [0.1, 0.15) is 31.2 Å². The van der Waals surface area contributed by atoms with Gasteiger partial charge in [0.05, 0.1) is 30.0 Å². The van der Waals surface area contributed by atoms with Gasteiger partial charge in [0, 0.05) is 12.3 Å². The van der Waals surface area contributed by atoms with Crippen LogP contribution in [0.2, 0.25) is 0 Å². The van der Waals surface area contributed by atoms with Crippen LogP contribution in [0.4, 0.5) is 5.69 Å². The lowest BCUT2D eigenvalue weighted by Crippen LogP contribution is -2.17. The van der Waals surface area contributed by atoms with Crippen LogP contribution in [0.25, 0.3) is 11.0 Å². The van der Waals surface area contributed by atoms with Crippen molar-refractivity contribution in [2.45, 2.75) is 25.4 Å². The number of nitrogens with one attached hydrogen (secondary N) is 2. The summed E-state index contributed by atoms with van der Waals surface area (Å²) in [5.74, 6) is -0.239. The standard InChI is InChI=1S/C17H19N3O4/c1-23-17(22)11-8-10(11)16(21)18-9-4-5-12-13(7-9)20-15(19-12)14-3-2-6-24-14/h4-5,7,10-11,14H,2-3,6,8H2,1H3,(H,18,21)(H,19,20)/t10-,11+,14+/m0/s1. The lowest BCUT2D eigenvalue weighted by molar-refractivity contribution is -0.143. The number of anilines is 1. The topological polar surface area (TPSA) is 93.3 Å². The predicted molar refractivity (Wildman–Crippen MR) is 86.3 cm³/mol. The summed E-state index contributed by atoms with van der Waals surface area (Å²) in [5.41, 5.74) is 2.39. The molecule has 3 atom stereocenters. The van der Waals surface area contributed by atoms with Crippen molar-refractivity contribution in [3.05, 3.63) is 24.0 Å².